The van der Waals surface area contributed by atoms with Crippen molar-refractivity contribution < 1.29 is 4.79 Å². The normalized spacial score (nSPS) is 13.8. The van der Waals surface area contributed by atoms with Gasteiger partial charge in [-0.05, 0) is 37.5 Å². The van der Waals surface area contributed by atoms with Crippen molar-refractivity contribution >= 4 is 11.6 Å². The first-order chi connectivity index (χ1) is 9.08. The van der Waals surface area contributed by atoms with Crippen LogP contribution >= 0.6 is 0 Å². The molecular formula is C16H26N2O. The molecule has 2 atom stereocenters. The van der Waals surface area contributed by atoms with E-state index in [9.17, 15) is 4.79 Å². The van der Waals surface area contributed by atoms with E-state index in [0.717, 1.165) is 36.9 Å². The summed E-state index contributed by atoms with van der Waals surface area (Å²) in [5.41, 5.74) is 7.55. The number of carbonyl (C=O) groups excluding carboxylic acids is 1. The van der Waals surface area contributed by atoms with Crippen molar-refractivity contribution in [2.45, 2.75) is 52.5 Å². The highest BCUT2D eigenvalue weighted by Gasteiger charge is 2.18. The summed E-state index contributed by atoms with van der Waals surface area (Å²) in [6.45, 7) is 6.23. The van der Waals surface area contributed by atoms with E-state index in [-0.39, 0.29) is 17.9 Å². The molecule has 3 N–H and O–H groups in total. The molecule has 0 spiro atoms. The van der Waals surface area contributed by atoms with Crippen molar-refractivity contribution in [2.75, 3.05) is 5.73 Å². The first-order valence-electron chi connectivity index (χ1n) is 7.24. The SMILES string of the molecule is CCCCC(CC)C(=O)NC(C)c1cccc(N)c1. The van der Waals surface area contributed by atoms with Crippen molar-refractivity contribution in [3.63, 3.8) is 0 Å². The largest absolute Gasteiger partial charge is 0.399 e. The fraction of sp³-hybridized carbons (Fsp3) is 0.562. The molecule has 0 aromatic heterocycles. The van der Waals surface area contributed by atoms with Gasteiger partial charge in [0.2, 0.25) is 5.91 Å². The van der Waals surface area contributed by atoms with Crippen molar-refractivity contribution in [3.05, 3.63) is 29.8 Å². The van der Waals surface area contributed by atoms with E-state index in [1.807, 2.05) is 31.2 Å². The summed E-state index contributed by atoms with van der Waals surface area (Å²) in [5, 5.41) is 3.09. The fourth-order valence-corrected chi connectivity index (χ4v) is 2.21. The maximum atomic E-state index is 12.2. The van der Waals surface area contributed by atoms with Gasteiger partial charge in [-0.2, -0.15) is 0 Å². The number of amides is 1. The minimum absolute atomic E-state index is 0.00618. The zero-order valence-corrected chi connectivity index (χ0v) is 12.3. The minimum Gasteiger partial charge on any atom is -0.399 e. The second kappa shape index (κ2) is 7.82. The molecule has 2 unspecified atom stereocenters. The minimum atomic E-state index is 0.00618. The summed E-state index contributed by atoms with van der Waals surface area (Å²) in [7, 11) is 0. The average Bonchev–Trinajstić information content (AvgIpc) is 2.39. The van der Waals surface area contributed by atoms with Crippen LogP contribution in [0.1, 0.15) is 58.1 Å². The lowest BCUT2D eigenvalue weighted by Crippen LogP contribution is -2.32. The highest BCUT2D eigenvalue weighted by Crippen LogP contribution is 2.18. The summed E-state index contributed by atoms with van der Waals surface area (Å²) in [6.07, 6.45) is 4.12. The van der Waals surface area contributed by atoms with Crippen molar-refractivity contribution in [1.82, 2.24) is 5.32 Å². The molecule has 0 heterocycles. The van der Waals surface area contributed by atoms with Gasteiger partial charge in [0, 0.05) is 11.6 Å². The smallest absolute Gasteiger partial charge is 0.223 e. The second-order valence-electron chi connectivity index (χ2n) is 5.15. The van der Waals surface area contributed by atoms with Crippen LogP contribution in [0.25, 0.3) is 0 Å². The number of anilines is 1. The molecule has 0 bridgehead atoms. The Bertz CT molecular complexity index is 403. The van der Waals surface area contributed by atoms with E-state index in [1.54, 1.807) is 0 Å². The molecule has 0 radical (unpaired) electrons. The number of rotatable bonds is 7. The molecule has 1 aromatic carbocycles. The molecule has 3 nitrogen and oxygen atoms in total. The topological polar surface area (TPSA) is 55.1 Å². The molecule has 1 amide bonds. The van der Waals surface area contributed by atoms with E-state index < -0.39 is 0 Å². The summed E-state index contributed by atoms with van der Waals surface area (Å²) in [5.74, 6) is 0.286. The zero-order chi connectivity index (χ0) is 14.3. The lowest BCUT2D eigenvalue weighted by Gasteiger charge is -2.19. The van der Waals surface area contributed by atoms with Gasteiger partial charge in [-0.1, -0.05) is 38.8 Å². The van der Waals surface area contributed by atoms with E-state index in [1.165, 1.54) is 0 Å². The first-order valence-corrected chi connectivity index (χ1v) is 7.24. The molecule has 1 rings (SSSR count). The lowest BCUT2D eigenvalue weighted by molar-refractivity contribution is -0.126. The summed E-state index contributed by atoms with van der Waals surface area (Å²) < 4.78 is 0. The van der Waals surface area contributed by atoms with Gasteiger partial charge < -0.3 is 11.1 Å². The molecular weight excluding hydrogens is 236 g/mol. The fourth-order valence-electron chi connectivity index (χ4n) is 2.21. The van der Waals surface area contributed by atoms with Crippen LogP contribution < -0.4 is 11.1 Å². The molecule has 0 fully saturated rings. The van der Waals surface area contributed by atoms with Crippen molar-refractivity contribution in [2.24, 2.45) is 5.92 Å². The molecule has 0 aliphatic carbocycles. The van der Waals surface area contributed by atoms with Crippen molar-refractivity contribution in [1.29, 1.82) is 0 Å². The standard InChI is InChI=1S/C16H26N2O/c1-4-6-8-13(5-2)16(19)18-12(3)14-9-7-10-15(17)11-14/h7,9-13H,4-6,8,17H2,1-3H3,(H,18,19). The van der Waals surface area contributed by atoms with E-state index in [4.69, 9.17) is 5.73 Å². The quantitative estimate of drug-likeness (QED) is 0.737. The van der Waals surface area contributed by atoms with Crippen molar-refractivity contribution in [3.8, 4) is 0 Å². The maximum absolute atomic E-state index is 12.2. The Hall–Kier alpha value is -1.51. The monoisotopic (exact) mass is 262 g/mol. The number of nitrogens with two attached hydrogens (primary N) is 1. The van der Waals surface area contributed by atoms with Gasteiger partial charge in [-0.3, -0.25) is 4.79 Å². The lowest BCUT2D eigenvalue weighted by atomic mass is 9.97. The highest BCUT2D eigenvalue weighted by atomic mass is 16.1. The Morgan fingerprint density at radius 1 is 1.37 bits per heavy atom. The first kappa shape index (κ1) is 15.5. The highest BCUT2D eigenvalue weighted by molar-refractivity contribution is 5.79. The molecule has 0 aliphatic heterocycles. The molecule has 0 saturated heterocycles. The number of hydrogen-bond acceptors (Lipinski definition) is 2. The van der Waals surface area contributed by atoms with Gasteiger partial charge in [-0.25, -0.2) is 0 Å². The second-order valence-corrected chi connectivity index (χ2v) is 5.15. The van der Waals surface area contributed by atoms with E-state index in [2.05, 4.69) is 19.2 Å². The summed E-state index contributed by atoms with van der Waals surface area (Å²) >= 11 is 0. The third-order valence-electron chi connectivity index (χ3n) is 3.54. The van der Waals surface area contributed by atoms with Gasteiger partial charge in [0.1, 0.15) is 0 Å². The molecule has 3 heteroatoms. The Labute approximate surface area is 116 Å². The predicted molar refractivity (Wildman–Crippen MR) is 80.7 cm³/mol. The van der Waals surface area contributed by atoms with Gasteiger partial charge in [0.15, 0.2) is 0 Å². The number of carbonyl (C=O) groups is 1. The van der Waals surface area contributed by atoms with E-state index >= 15 is 0 Å². The van der Waals surface area contributed by atoms with Gasteiger partial charge in [0.05, 0.1) is 6.04 Å². The third-order valence-corrected chi connectivity index (χ3v) is 3.54. The number of hydrogen-bond donors (Lipinski definition) is 2. The number of benzene rings is 1. The Balaban J connectivity index is 2.59. The van der Waals surface area contributed by atoms with Gasteiger partial charge in [-0.15, -0.1) is 0 Å². The third kappa shape index (κ3) is 4.93. The molecule has 0 aliphatic rings. The van der Waals surface area contributed by atoms with Crippen LogP contribution in [0.2, 0.25) is 0 Å². The zero-order valence-electron chi connectivity index (χ0n) is 12.3. The number of unbranched alkanes of at least 4 members (excludes halogenated alkanes) is 1. The number of nitrogen functional groups attached to an aromatic ring is 1. The summed E-state index contributed by atoms with van der Waals surface area (Å²) in [4.78, 5) is 12.2. The Morgan fingerprint density at radius 2 is 2.11 bits per heavy atom. The van der Waals surface area contributed by atoms with Crippen LogP contribution in [0.15, 0.2) is 24.3 Å². The average molecular weight is 262 g/mol. The van der Waals surface area contributed by atoms with Gasteiger partial charge >= 0.3 is 0 Å². The summed E-state index contributed by atoms with van der Waals surface area (Å²) in [6, 6.07) is 7.69. The Morgan fingerprint density at radius 3 is 2.68 bits per heavy atom. The van der Waals surface area contributed by atoms with Crippen LogP contribution in [0.3, 0.4) is 0 Å². The van der Waals surface area contributed by atoms with Crippen LogP contribution in [0.5, 0.6) is 0 Å². The van der Waals surface area contributed by atoms with Crippen LogP contribution in [-0.2, 0) is 4.79 Å². The molecule has 1 aromatic rings. The predicted octanol–water partition coefficient (Wildman–Crippen LogP) is 3.66. The Kier molecular flexibility index (Phi) is 6.40. The molecule has 19 heavy (non-hydrogen) atoms. The molecule has 106 valence electrons. The van der Waals surface area contributed by atoms with Crippen LogP contribution in [0.4, 0.5) is 5.69 Å². The van der Waals surface area contributed by atoms with Crippen LogP contribution in [-0.4, -0.2) is 5.91 Å². The number of nitrogens with one attached hydrogen (secondary N) is 1. The van der Waals surface area contributed by atoms with E-state index in [0.29, 0.717) is 0 Å². The molecule has 0 saturated carbocycles. The van der Waals surface area contributed by atoms with Gasteiger partial charge in [0.25, 0.3) is 0 Å². The maximum Gasteiger partial charge on any atom is 0.223 e. The van der Waals surface area contributed by atoms with Crippen LogP contribution in [0, 0.1) is 5.92 Å².